The van der Waals surface area contributed by atoms with Gasteiger partial charge >= 0.3 is 11.9 Å². The Labute approximate surface area is 166 Å². The standard InChI is InChI=1S/C16H26N4O7S/c1-28-6-4-10(19-15(26)9-3-2-5-17-9)16(27)20-11(7-12(21)22)14(25)18-8-13(23)24/h9-11,17H,2-8H2,1H3,(H,18,25)(H,19,26)(H,20,27)(H,21,22)(H,23,24). The molecule has 0 saturated carbocycles. The minimum Gasteiger partial charge on any atom is -0.481 e. The van der Waals surface area contributed by atoms with Crippen molar-refractivity contribution in [2.24, 2.45) is 0 Å². The number of nitrogens with one attached hydrogen (secondary N) is 4. The van der Waals surface area contributed by atoms with Crippen LogP contribution in [0.3, 0.4) is 0 Å². The average Bonchev–Trinajstić information content (AvgIpc) is 3.16. The SMILES string of the molecule is CSCCC(NC(=O)C1CCCN1)C(=O)NC(CC(=O)O)C(=O)NCC(=O)O. The number of rotatable bonds is 12. The van der Waals surface area contributed by atoms with Gasteiger partial charge in [-0.05, 0) is 37.8 Å². The third-order valence-corrected chi connectivity index (χ3v) is 4.69. The van der Waals surface area contributed by atoms with Crippen molar-refractivity contribution in [2.45, 2.75) is 43.8 Å². The summed E-state index contributed by atoms with van der Waals surface area (Å²) in [5, 5.41) is 27.6. The minimum absolute atomic E-state index is 0.294. The molecule has 1 aliphatic rings. The highest BCUT2D eigenvalue weighted by Gasteiger charge is 2.30. The maximum Gasteiger partial charge on any atom is 0.322 e. The van der Waals surface area contributed by atoms with Crippen molar-refractivity contribution in [3.8, 4) is 0 Å². The number of carboxylic acid groups (broad SMARTS) is 2. The number of amides is 3. The summed E-state index contributed by atoms with van der Waals surface area (Å²) in [6.45, 7) is 0.00894. The minimum atomic E-state index is -1.46. The molecule has 0 aromatic heterocycles. The van der Waals surface area contributed by atoms with Crippen LogP contribution in [0.15, 0.2) is 0 Å². The topological polar surface area (TPSA) is 174 Å². The number of hydrogen-bond donors (Lipinski definition) is 6. The first-order chi connectivity index (χ1) is 13.2. The second-order valence-corrected chi connectivity index (χ2v) is 7.25. The van der Waals surface area contributed by atoms with Crippen molar-refractivity contribution in [1.29, 1.82) is 0 Å². The summed E-state index contributed by atoms with van der Waals surface area (Å²) in [6, 6.07) is -2.79. The third kappa shape index (κ3) is 8.57. The van der Waals surface area contributed by atoms with Crippen LogP contribution < -0.4 is 21.3 Å². The van der Waals surface area contributed by atoms with E-state index < -0.39 is 54.8 Å². The number of thioether (sulfide) groups is 1. The monoisotopic (exact) mass is 418 g/mol. The van der Waals surface area contributed by atoms with Crippen LogP contribution in [0.5, 0.6) is 0 Å². The van der Waals surface area contributed by atoms with E-state index in [4.69, 9.17) is 10.2 Å². The molecule has 12 heteroatoms. The molecule has 158 valence electrons. The van der Waals surface area contributed by atoms with E-state index in [1.165, 1.54) is 11.8 Å². The van der Waals surface area contributed by atoms with Gasteiger partial charge in [-0.15, -0.1) is 0 Å². The quantitative estimate of drug-likeness (QED) is 0.212. The van der Waals surface area contributed by atoms with Gasteiger partial charge in [-0.25, -0.2) is 0 Å². The Kier molecular flexibility index (Phi) is 10.3. The molecule has 3 unspecified atom stereocenters. The summed E-state index contributed by atoms with van der Waals surface area (Å²) < 4.78 is 0. The summed E-state index contributed by atoms with van der Waals surface area (Å²) in [4.78, 5) is 58.5. The van der Waals surface area contributed by atoms with Crippen LogP contribution in [-0.2, 0) is 24.0 Å². The second kappa shape index (κ2) is 12.2. The van der Waals surface area contributed by atoms with Gasteiger partial charge in [0.25, 0.3) is 0 Å². The van der Waals surface area contributed by atoms with E-state index in [1.807, 2.05) is 11.6 Å². The van der Waals surface area contributed by atoms with E-state index in [0.717, 1.165) is 6.42 Å². The predicted molar refractivity (Wildman–Crippen MR) is 101 cm³/mol. The van der Waals surface area contributed by atoms with Crippen LogP contribution in [0.2, 0.25) is 0 Å². The number of hydrogen-bond acceptors (Lipinski definition) is 7. The summed E-state index contributed by atoms with van der Waals surface area (Å²) in [5.74, 6) is -4.03. The molecule has 11 nitrogen and oxygen atoms in total. The van der Waals surface area contributed by atoms with Gasteiger partial charge in [0.05, 0.1) is 12.5 Å². The molecule has 3 amide bonds. The Hall–Kier alpha value is -2.34. The summed E-state index contributed by atoms with van der Waals surface area (Å²) in [5.41, 5.74) is 0. The Morgan fingerprint density at radius 2 is 1.79 bits per heavy atom. The molecule has 0 spiro atoms. The lowest BCUT2D eigenvalue weighted by Gasteiger charge is -2.23. The fourth-order valence-corrected chi connectivity index (χ4v) is 3.10. The summed E-state index contributed by atoms with van der Waals surface area (Å²) in [6.07, 6.45) is 2.92. The Bertz CT molecular complexity index is 596. The molecule has 1 saturated heterocycles. The van der Waals surface area contributed by atoms with Gasteiger partial charge < -0.3 is 31.5 Å². The third-order valence-electron chi connectivity index (χ3n) is 4.05. The highest BCUT2D eigenvalue weighted by atomic mass is 32.2. The molecule has 1 fully saturated rings. The van der Waals surface area contributed by atoms with Crippen molar-refractivity contribution in [2.75, 3.05) is 25.1 Å². The summed E-state index contributed by atoms with van der Waals surface area (Å²) in [7, 11) is 0. The maximum atomic E-state index is 12.6. The van der Waals surface area contributed by atoms with Gasteiger partial charge in [0.15, 0.2) is 0 Å². The smallest absolute Gasteiger partial charge is 0.322 e. The molecule has 0 aromatic carbocycles. The van der Waals surface area contributed by atoms with Gasteiger partial charge in [-0.3, -0.25) is 24.0 Å². The van der Waals surface area contributed by atoms with Crippen molar-refractivity contribution in [1.82, 2.24) is 21.3 Å². The van der Waals surface area contributed by atoms with Crippen molar-refractivity contribution in [3.63, 3.8) is 0 Å². The van der Waals surface area contributed by atoms with Gasteiger partial charge in [0.1, 0.15) is 18.6 Å². The van der Waals surface area contributed by atoms with Crippen LogP contribution in [0.25, 0.3) is 0 Å². The van der Waals surface area contributed by atoms with Crippen LogP contribution in [0.1, 0.15) is 25.7 Å². The first-order valence-electron chi connectivity index (χ1n) is 8.79. The van der Waals surface area contributed by atoms with Crippen LogP contribution in [0, 0.1) is 0 Å². The molecule has 28 heavy (non-hydrogen) atoms. The van der Waals surface area contributed by atoms with Crippen LogP contribution in [-0.4, -0.2) is 83.1 Å². The zero-order chi connectivity index (χ0) is 21.1. The van der Waals surface area contributed by atoms with Gasteiger partial charge in [-0.1, -0.05) is 0 Å². The molecule has 0 aliphatic carbocycles. The molecule has 1 aliphatic heterocycles. The number of carbonyl (C=O) groups excluding carboxylic acids is 3. The largest absolute Gasteiger partial charge is 0.481 e. The lowest BCUT2D eigenvalue weighted by Crippen LogP contribution is -2.56. The zero-order valence-electron chi connectivity index (χ0n) is 15.5. The van der Waals surface area contributed by atoms with E-state index >= 15 is 0 Å². The molecule has 3 atom stereocenters. The predicted octanol–water partition coefficient (Wildman–Crippen LogP) is -1.86. The van der Waals surface area contributed by atoms with Crippen molar-refractivity contribution in [3.05, 3.63) is 0 Å². The molecular formula is C16H26N4O7S. The summed E-state index contributed by atoms with van der Waals surface area (Å²) >= 11 is 1.47. The van der Waals surface area contributed by atoms with Crippen molar-refractivity contribution < 1.29 is 34.2 Å². The maximum absolute atomic E-state index is 12.6. The van der Waals surface area contributed by atoms with Gasteiger partial charge in [0, 0.05) is 0 Å². The van der Waals surface area contributed by atoms with Crippen LogP contribution >= 0.6 is 11.8 Å². The Morgan fingerprint density at radius 1 is 1.07 bits per heavy atom. The van der Waals surface area contributed by atoms with E-state index in [1.54, 1.807) is 0 Å². The van der Waals surface area contributed by atoms with E-state index in [-0.39, 0.29) is 5.91 Å². The first kappa shape index (κ1) is 23.7. The highest BCUT2D eigenvalue weighted by Crippen LogP contribution is 2.08. The van der Waals surface area contributed by atoms with E-state index in [9.17, 15) is 24.0 Å². The highest BCUT2D eigenvalue weighted by molar-refractivity contribution is 7.98. The van der Waals surface area contributed by atoms with E-state index in [2.05, 4.69) is 16.0 Å². The van der Waals surface area contributed by atoms with Gasteiger partial charge in [0.2, 0.25) is 17.7 Å². The molecule has 0 bridgehead atoms. The fourth-order valence-electron chi connectivity index (χ4n) is 2.63. The molecule has 6 N–H and O–H groups in total. The second-order valence-electron chi connectivity index (χ2n) is 6.26. The number of carbonyl (C=O) groups is 5. The molecular weight excluding hydrogens is 392 g/mol. The van der Waals surface area contributed by atoms with Crippen molar-refractivity contribution >= 4 is 41.4 Å². The van der Waals surface area contributed by atoms with Gasteiger partial charge in [-0.2, -0.15) is 11.8 Å². The number of carboxylic acids is 2. The average molecular weight is 418 g/mol. The lowest BCUT2D eigenvalue weighted by atomic mass is 10.1. The molecule has 0 radical (unpaired) electrons. The molecule has 1 heterocycles. The van der Waals surface area contributed by atoms with Crippen LogP contribution in [0.4, 0.5) is 0 Å². The molecule has 1 rings (SSSR count). The lowest BCUT2D eigenvalue weighted by molar-refractivity contribution is -0.141. The molecule has 0 aromatic rings. The Morgan fingerprint density at radius 3 is 2.32 bits per heavy atom. The van der Waals surface area contributed by atoms with E-state index in [0.29, 0.717) is 25.1 Å². The Balaban J connectivity index is 2.78. The normalized spacial score (nSPS) is 18.0. The number of aliphatic carboxylic acids is 2. The fraction of sp³-hybridized carbons (Fsp3) is 0.688. The zero-order valence-corrected chi connectivity index (χ0v) is 16.3. The first-order valence-corrected chi connectivity index (χ1v) is 10.2.